The topological polar surface area (TPSA) is 105 Å². The highest BCUT2D eigenvalue weighted by atomic mass is 16.5. The average molecular weight is 304 g/mol. The molecule has 0 spiro atoms. The standard InChI is InChI=1S/C15H16N2O5/c1-10(8-18)16-9-17-15(2,3)14(21)22-12-6-4-11(5-7-12)13(19)20/h4-8,10H,1-3H3,(H,19,20). The predicted octanol–water partition coefficient (Wildman–Crippen LogP) is 1.83. The summed E-state index contributed by atoms with van der Waals surface area (Å²) >= 11 is 0. The number of aliphatic imine (C=N–C) groups is 2. The molecule has 1 aromatic rings. The Morgan fingerprint density at radius 3 is 2.41 bits per heavy atom. The summed E-state index contributed by atoms with van der Waals surface area (Å²) in [5.41, 5.74) is -1.15. The van der Waals surface area contributed by atoms with Crippen LogP contribution in [0.4, 0.5) is 0 Å². The summed E-state index contributed by atoms with van der Waals surface area (Å²) in [5, 5.41) is 8.78. The molecule has 0 heterocycles. The fraction of sp³-hybridized carbons (Fsp3) is 0.333. The van der Waals surface area contributed by atoms with Crippen LogP contribution in [-0.4, -0.2) is 40.9 Å². The number of carboxylic acid groups (broad SMARTS) is 1. The van der Waals surface area contributed by atoms with E-state index in [1.54, 1.807) is 6.92 Å². The summed E-state index contributed by atoms with van der Waals surface area (Å²) in [4.78, 5) is 40.7. The number of rotatable bonds is 6. The number of hydrogen-bond donors (Lipinski definition) is 1. The van der Waals surface area contributed by atoms with E-state index in [1.807, 2.05) is 0 Å². The van der Waals surface area contributed by atoms with Crippen LogP contribution in [0.1, 0.15) is 31.1 Å². The lowest BCUT2D eigenvalue weighted by Gasteiger charge is -2.15. The van der Waals surface area contributed by atoms with Gasteiger partial charge in [-0.05, 0) is 45.0 Å². The summed E-state index contributed by atoms with van der Waals surface area (Å²) in [7, 11) is 0. The van der Waals surface area contributed by atoms with Crippen LogP contribution in [0, 0.1) is 0 Å². The quantitative estimate of drug-likeness (QED) is 0.373. The molecule has 0 aliphatic rings. The summed E-state index contributed by atoms with van der Waals surface area (Å²) in [6.07, 6.45) is 0.623. The Labute approximate surface area is 127 Å². The van der Waals surface area contributed by atoms with Crippen LogP contribution in [-0.2, 0) is 9.59 Å². The summed E-state index contributed by atoms with van der Waals surface area (Å²) in [6, 6.07) is 7.14. The van der Waals surface area contributed by atoms with Crippen LogP contribution in [0.15, 0.2) is 34.3 Å². The lowest BCUT2D eigenvalue weighted by Crippen LogP contribution is -2.33. The Morgan fingerprint density at radius 2 is 1.91 bits per heavy atom. The molecule has 0 bridgehead atoms. The van der Waals surface area contributed by atoms with Crippen LogP contribution >= 0.6 is 0 Å². The van der Waals surface area contributed by atoms with E-state index < -0.39 is 23.5 Å². The number of carbonyl (C=O) groups excluding carboxylic acids is 2. The molecule has 7 heteroatoms. The Kier molecular flexibility index (Phi) is 5.72. The molecular formula is C15H16N2O5. The maximum atomic E-state index is 12.0. The monoisotopic (exact) mass is 304 g/mol. The number of benzene rings is 1. The van der Waals surface area contributed by atoms with E-state index >= 15 is 0 Å². The third kappa shape index (κ3) is 4.96. The molecule has 116 valence electrons. The number of nitrogens with zero attached hydrogens (tertiary/aromatic N) is 2. The fourth-order valence-corrected chi connectivity index (χ4v) is 1.22. The van der Waals surface area contributed by atoms with Crippen molar-refractivity contribution in [2.45, 2.75) is 32.4 Å². The number of carbonyl (C=O) groups is 3. The smallest absolute Gasteiger partial charge is 0.339 e. The van der Waals surface area contributed by atoms with Gasteiger partial charge in [0.05, 0.1) is 11.6 Å². The average Bonchev–Trinajstić information content (AvgIpc) is 2.47. The van der Waals surface area contributed by atoms with Gasteiger partial charge in [0.15, 0.2) is 5.54 Å². The molecule has 0 amide bonds. The number of aldehydes is 1. The second-order valence-electron chi connectivity index (χ2n) is 5.00. The van der Waals surface area contributed by atoms with Gasteiger partial charge in [-0.25, -0.2) is 19.6 Å². The van der Waals surface area contributed by atoms with E-state index in [2.05, 4.69) is 16.0 Å². The normalized spacial score (nSPS) is 11.8. The van der Waals surface area contributed by atoms with E-state index in [0.717, 1.165) is 0 Å². The number of ether oxygens (including phenoxy) is 1. The highest BCUT2D eigenvalue weighted by molar-refractivity contribution is 5.88. The first-order chi connectivity index (χ1) is 10.3. The number of esters is 1. The predicted molar refractivity (Wildman–Crippen MR) is 78.5 cm³/mol. The minimum absolute atomic E-state index is 0.0899. The molecule has 7 nitrogen and oxygen atoms in total. The van der Waals surface area contributed by atoms with E-state index in [9.17, 15) is 14.4 Å². The van der Waals surface area contributed by atoms with Crippen molar-refractivity contribution in [3.05, 3.63) is 29.8 Å². The molecular weight excluding hydrogens is 288 g/mol. The third-order valence-electron chi connectivity index (χ3n) is 2.60. The molecule has 1 N–H and O–H groups in total. The zero-order valence-electron chi connectivity index (χ0n) is 12.4. The van der Waals surface area contributed by atoms with Gasteiger partial charge in [0, 0.05) is 0 Å². The molecule has 0 saturated heterocycles. The molecule has 1 aromatic carbocycles. The number of carboxylic acids is 1. The van der Waals surface area contributed by atoms with E-state index in [4.69, 9.17) is 9.84 Å². The lowest BCUT2D eigenvalue weighted by molar-refractivity contribution is -0.139. The largest absolute Gasteiger partial charge is 0.478 e. The minimum atomic E-state index is -1.24. The highest BCUT2D eigenvalue weighted by Crippen LogP contribution is 2.17. The zero-order chi connectivity index (χ0) is 16.8. The summed E-state index contributed by atoms with van der Waals surface area (Å²) in [5.74, 6) is -1.52. The van der Waals surface area contributed by atoms with Crippen molar-refractivity contribution < 1.29 is 24.2 Å². The van der Waals surface area contributed by atoms with Gasteiger partial charge in [-0.15, -0.1) is 0 Å². The molecule has 0 aliphatic carbocycles. The Bertz CT molecular complexity index is 628. The Morgan fingerprint density at radius 1 is 1.32 bits per heavy atom. The zero-order valence-corrected chi connectivity index (χ0v) is 12.4. The second kappa shape index (κ2) is 7.28. The highest BCUT2D eigenvalue weighted by Gasteiger charge is 2.29. The first-order valence-corrected chi connectivity index (χ1v) is 6.44. The SMILES string of the molecule is CC(C=O)N=C=NC(C)(C)C(=O)Oc1ccc(C(=O)O)cc1. The van der Waals surface area contributed by atoms with E-state index in [-0.39, 0.29) is 11.3 Å². The first kappa shape index (κ1) is 17.3. The summed E-state index contributed by atoms with van der Waals surface area (Å²) in [6.45, 7) is 4.58. The van der Waals surface area contributed by atoms with Gasteiger partial charge in [0.2, 0.25) is 0 Å². The maximum absolute atomic E-state index is 12.0. The first-order valence-electron chi connectivity index (χ1n) is 6.44. The van der Waals surface area contributed by atoms with Crippen molar-refractivity contribution in [2.75, 3.05) is 0 Å². The van der Waals surface area contributed by atoms with Crippen molar-refractivity contribution >= 4 is 24.2 Å². The van der Waals surface area contributed by atoms with Gasteiger partial charge >= 0.3 is 11.9 Å². The van der Waals surface area contributed by atoms with Gasteiger partial charge in [-0.3, -0.25) is 0 Å². The van der Waals surface area contributed by atoms with Crippen molar-refractivity contribution in [2.24, 2.45) is 9.98 Å². The van der Waals surface area contributed by atoms with Crippen molar-refractivity contribution in [1.29, 1.82) is 0 Å². The molecule has 0 aromatic heterocycles. The Balaban J connectivity index is 2.80. The minimum Gasteiger partial charge on any atom is -0.478 e. The number of hydrogen-bond acceptors (Lipinski definition) is 6. The van der Waals surface area contributed by atoms with Crippen LogP contribution in [0.5, 0.6) is 5.75 Å². The third-order valence-corrected chi connectivity index (χ3v) is 2.60. The van der Waals surface area contributed by atoms with Crippen LogP contribution in [0.3, 0.4) is 0 Å². The van der Waals surface area contributed by atoms with E-state index in [0.29, 0.717) is 6.29 Å². The Hall–Kier alpha value is -2.79. The van der Waals surface area contributed by atoms with Gasteiger partial charge < -0.3 is 14.6 Å². The molecule has 0 saturated carbocycles. The van der Waals surface area contributed by atoms with Crippen LogP contribution in [0.25, 0.3) is 0 Å². The molecule has 1 atom stereocenters. The second-order valence-corrected chi connectivity index (χ2v) is 5.00. The van der Waals surface area contributed by atoms with Gasteiger partial charge in [-0.1, -0.05) is 0 Å². The summed E-state index contributed by atoms with van der Waals surface area (Å²) < 4.78 is 5.12. The molecule has 0 fully saturated rings. The van der Waals surface area contributed by atoms with Gasteiger partial charge in [0.1, 0.15) is 18.1 Å². The molecule has 1 unspecified atom stereocenters. The van der Waals surface area contributed by atoms with Crippen molar-refractivity contribution in [1.82, 2.24) is 0 Å². The van der Waals surface area contributed by atoms with Crippen molar-refractivity contribution in [3.8, 4) is 5.75 Å². The molecule has 22 heavy (non-hydrogen) atoms. The molecule has 0 radical (unpaired) electrons. The lowest BCUT2D eigenvalue weighted by atomic mass is 10.1. The van der Waals surface area contributed by atoms with Gasteiger partial charge in [0.25, 0.3) is 0 Å². The van der Waals surface area contributed by atoms with Gasteiger partial charge in [-0.2, -0.15) is 0 Å². The van der Waals surface area contributed by atoms with Crippen LogP contribution < -0.4 is 4.74 Å². The fourth-order valence-electron chi connectivity index (χ4n) is 1.22. The molecule has 1 rings (SSSR count). The number of aromatic carboxylic acids is 1. The molecule has 0 aliphatic heterocycles. The van der Waals surface area contributed by atoms with E-state index in [1.165, 1.54) is 38.1 Å². The van der Waals surface area contributed by atoms with Crippen LogP contribution in [0.2, 0.25) is 0 Å². The van der Waals surface area contributed by atoms with Crippen molar-refractivity contribution in [3.63, 3.8) is 0 Å². The maximum Gasteiger partial charge on any atom is 0.339 e.